The minimum Gasteiger partial charge on any atom is -0.497 e. The van der Waals surface area contributed by atoms with Crippen LogP contribution in [0.15, 0.2) is 30.5 Å². The molecule has 2 aromatic rings. The van der Waals surface area contributed by atoms with Gasteiger partial charge in [0.1, 0.15) is 28.1 Å². The quantitative estimate of drug-likeness (QED) is 0.852. The molecule has 0 spiro atoms. The third-order valence-corrected chi connectivity index (χ3v) is 3.57. The number of methoxy groups -OCH3 is 1. The molecule has 0 bridgehead atoms. The summed E-state index contributed by atoms with van der Waals surface area (Å²) in [5, 5.41) is 0.841. The molecule has 0 aliphatic carbocycles. The standard InChI is InChI=1S/C12H12N2O2S2/c1-15-8-2-4-9(5-3-8)16-7-11-14-6-10(18-11)12(13)17/h2-6H,7H2,1H3,(H2,13,17). The van der Waals surface area contributed by atoms with Gasteiger partial charge in [0, 0.05) is 6.20 Å². The Morgan fingerprint density at radius 3 is 2.56 bits per heavy atom. The monoisotopic (exact) mass is 280 g/mol. The van der Waals surface area contributed by atoms with Crippen molar-refractivity contribution in [3.63, 3.8) is 0 Å². The average molecular weight is 280 g/mol. The molecule has 0 unspecified atom stereocenters. The Balaban J connectivity index is 1.95. The van der Waals surface area contributed by atoms with E-state index in [0.717, 1.165) is 21.4 Å². The van der Waals surface area contributed by atoms with Crippen LogP contribution < -0.4 is 15.2 Å². The molecule has 2 rings (SSSR count). The molecular weight excluding hydrogens is 268 g/mol. The zero-order valence-electron chi connectivity index (χ0n) is 9.75. The van der Waals surface area contributed by atoms with Gasteiger partial charge in [0.25, 0.3) is 0 Å². The first-order chi connectivity index (χ1) is 8.69. The summed E-state index contributed by atoms with van der Waals surface area (Å²) < 4.78 is 10.7. The van der Waals surface area contributed by atoms with Crippen molar-refractivity contribution in [3.8, 4) is 11.5 Å². The van der Waals surface area contributed by atoms with Crippen LogP contribution in [0.2, 0.25) is 0 Å². The number of nitrogens with zero attached hydrogens (tertiary/aromatic N) is 1. The highest BCUT2D eigenvalue weighted by Crippen LogP contribution is 2.19. The van der Waals surface area contributed by atoms with Crippen LogP contribution in [-0.2, 0) is 6.61 Å². The third kappa shape index (κ3) is 3.18. The molecular formula is C12H12N2O2S2. The molecule has 0 saturated carbocycles. The number of hydrogen-bond acceptors (Lipinski definition) is 5. The van der Waals surface area contributed by atoms with Gasteiger partial charge in [0.15, 0.2) is 0 Å². The molecule has 0 atom stereocenters. The first kappa shape index (κ1) is 12.8. The number of aromatic nitrogens is 1. The summed E-state index contributed by atoms with van der Waals surface area (Å²) in [4.78, 5) is 5.36. The average Bonchev–Trinajstić information content (AvgIpc) is 2.86. The van der Waals surface area contributed by atoms with Gasteiger partial charge in [0.05, 0.1) is 12.0 Å². The van der Waals surface area contributed by atoms with Crippen LogP contribution in [-0.4, -0.2) is 17.1 Å². The van der Waals surface area contributed by atoms with Crippen LogP contribution in [0.5, 0.6) is 11.5 Å². The predicted octanol–water partition coefficient (Wildman–Crippen LogP) is 2.36. The molecule has 0 aliphatic rings. The minimum atomic E-state index is 0.364. The van der Waals surface area contributed by atoms with Gasteiger partial charge in [-0.1, -0.05) is 12.2 Å². The minimum absolute atomic E-state index is 0.364. The zero-order valence-corrected chi connectivity index (χ0v) is 11.4. The van der Waals surface area contributed by atoms with E-state index in [-0.39, 0.29) is 0 Å². The lowest BCUT2D eigenvalue weighted by atomic mass is 10.3. The molecule has 1 aromatic carbocycles. The normalized spacial score (nSPS) is 10.1. The summed E-state index contributed by atoms with van der Waals surface area (Å²) in [5.74, 6) is 1.57. The highest BCUT2D eigenvalue weighted by Gasteiger charge is 2.05. The Morgan fingerprint density at radius 2 is 2.00 bits per heavy atom. The lowest BCUT2D eigenvalue weighted by Crippen LogP contribution is -2.06. The van der Waals surface area contributed by atoms with Crippen LogP contribution in [0.4, 0.5) is 0 Å². The summed E-state index contributed by atoms with van der Waals surface area (Å²) in [7, 11) is 1.63. The maximum Gasteiger partial charge on any atom is 0.140 e. The Hall–Kier alpha value is -1.66. The van der Waals surface area contributed by atoms with Gasteiger partial charge < -0.3 is 15.2 Å². The van der Waals surface area contributed by atoms with Crippen molar-refractivity contribution in [1.29, 1.82) is 0 Å². The first-order valence-corrected chi connectivity index (χ1v) is 6.43. The van der Waals surface area contributed by atoms with Crippen molar-refractivity contribution < 1.29 is 9.47 Å². The van der Waals surface area contributed by atoms with Crippen molar-refractivity contribution in [3.05, 3.63) is 40.3 Å². The van der Waals surface area contributed by atoms with Crippen LogP contribution in [0, 0.1) is 0 Å². The van der Waals surface area contributed by atoms with Crippen molar-refractivity contribution in [2.45, 2.75) is 6.61 Å². The smallest absolute Gasteiger partial charge is 0.140 e. The molecule has 2 N–H and O–H groups in total. The second-order valence-electron chi connectivity index (χ2n) is 3.45. The molecule has 0 radical (unpaired) electrons. The molecule has 1 heterocycles. The van der Waals surface area contributed by atoms with Crippen molar-refractivity contribution >= 4 is 28.5 Å². The Kier molecular flexibility index (Phi) is 4.11. The van der Waals surface area contributed by atoms with Gasteiger partial charge in [-0.3, -0.25) is 0 Å². The lowest BCUT2D eigenvalue weighted by molar-refractivity contribution is 0.305. The molecule has 94 valence electrons. The zero-order chi connectivity index (χ0) is 13.0. The molecule has 0 amide bonds. The fraction of sp³-hybridized carbons (Fsp3) is 0.167. The van der Waals surface area contributed by atoms with E-state index in [1.165, 1.54) is 11.3 Å². The fourth-order valence-corrected chi connectivity index (χ4v) is 2.17. The second kappa shape index (κ2) is 5.79. The third-order valence-electron chi connectivity index (χ3n) is 2.22. The van der Waals surface area contributed by atoms with E-state index in [1.807, 2.05) is 24.3 Å². The summed E-state index contributed by atoms with van der Waals surface area (Å²) in [6.45, 7) is 0.402. The van der Waals surface area contributed by atoms with Crippen LogP contribution >= 0.6 is 23.6 Å². The van der Waals surface area contributed by atoms with Gasteiger partial charge in [-0.15, -0.1) is 11.3 Å². The molecule has 18 heavy (non-hydrogen) atoms. The molecule has 1 aromatic heterocycles. The number of thiazole rings is 1. The molecule has 0 saturated heterocycles. The van der Waals surface area contributed by atoms with E-state index >= 15 is 0 Å². The Bertz CT molecular complexity index is 537. The van der Waals surface area contributed by atoms with E-state index in [4.69, 9.17) is 27.4 Å². The highest BCUT2D eigenvalue weighted by molar-refractivity contribution is 7.81. The van der Waals surface area contributed by atoms with Crippen LogP contribution in [0.1, 0.15) is 9.88 Å². The van der Waals surface area contributed by atoms with Crippen molar-refractivity contribution in [1.82, 2.24) is 4.98 Å². The highest BCUT2D eigenvalue weighted by atomic mass is 32.1. The molecule has 0 fully saturated rings. The van der Waals surface area contributed by atoms with E-state index in [9.17, 15) is 0 Å². The summed E-state index contributed by atoms with van der Waals surface area (Å²) in [6, 6.07) is 7.39. The van der Waals surface area contributed by atoms with Gasteiger partial charge in [-0.05, 0) is 24.3 Å². The maximum absolute atomic E-state index is 5.59. The summed E-state index contributed by atoms with van der Waals surface area (Å²) in [6.07, 6.45) is 1.67. The van der Waals surface area contributed by atoms with Gasteiger partial charge in [-0.25, -0.2) is 4.98 Å². The number of ether oxygens (including phenoxy) is 2. The lowest BCUT2D eigenvalue weighted by Gasteiger charge is -2.04. The maximum atomic E-state index is 5.59. The topological polar surface area (TPSA) is 57.4 Å². The summed E-state index contributed by atoms with van der Waals surface area (Å²) in [5.41, 5.74) is 5.51. The number of nitrogens with two attached hydrogens (primary N) is 1. The molecule has 0 aliphatic heterocycles. The second-order valence-corrected chi connectivity index (χ2v) is 5.00. The SMILES string of the molecule is COc1ccc(OCc2ncc(C(N)=S)s2)cc1. The van der Waals surface area contributed by atoms with E-state index in [2.05, 4.69) is 4.98 Å². The van der Waals surface area contributed by atoms with Gasteiger partial charge >= 0.3 is 0 Å². The molecule has 6 heteroatoms. The number of benzene rings is 1. The number of rotatable bonds is 5. The van der Waals surface area contributed by atoms with Gasteiger partial charge in [0.2, 0.25) is 0 Å². The van der Waals surface area contributed by atoms with E-state index in [0.29, 0.717) is 11.6 Å². The number of hydrogen-bond donors (Lipinski definition) is 1. The Labute approximate surface area is 114 Å². The number of thiocarbonyl (C=S) groups is 1. The predicted molar refractivity (Wildman–Crippen MR) is 75.3 cm³/mol. The molecule has 4 nitrogen and oxygen atoms in total. The van der Waals surface area contributed by atoms with Gasteiger partial charge in [-0.2, -0.15) is 0 Å². The van der Waals surface area contributed by atoms with Crippen molar-refractivity contribution in [2.24, 2.45) is 5.73 Å². The largest absolute Gasteiger partial charge is 0.497 e. The van der Waals surface area contributed by atoms with E-state index in [1.54, 1.807) is 13.3 Å². The van der Waals surface area contributed by atoms with Crippen LogP contribution in [0.25, 0.3) is 0 Å². The van der Waals surface area contributed by atoms with Crippen molar-refractivity contribution in [2.75, 3.05) is 7.11 Å². The van der Waals surface area contributed by atoms with Crippen LogP contribution in [0.3, 0.4) is 0 Å². The fourth-order valence-electron chi connectivity index (χ4n) is 1.31. The first-order valence-electron chi connectivity index (χ1n) is 5.20. The Morgan fingerprint density at radius 1 is 1.33 bits per heavy atom. The summed E-state index contributed by atoms with van der Waals surface area (Å²) >= 11 is 6.32. The van der Waals surface area contributed by atoms with E-state index < -0.39 is 0 Å².